The highest BCUT2D eigenvalue weighted by molar-refractivity contribution is 5.67. The van der Waals surface area contributed by atoms with E-state index in [1.807, 2.05) is 11.8 Å². The number of amides is 1. The molecule has 0 aromatic heterocycles. The van der Waals surface area contributed by atoms with Crippen molar-refractivity contribution in [1.82, 2.24) is 9.80 Å². The summed E-state index contributed by atoms with van der Waals surface area (Å²) in [6.45, 7) is 7.70. The molecule has 0 aromatic rings. The first kappa shape index (κ1) is 16.3. The van der Waals surface area contributed by atoms with E-state index in [1.165, 1.54) is 25.7 Å². The molecule has 112 valence electrons. The zero-order chi connectivity index (χ0) is 14.1. The molecule has 1 saturated heterocycles. The molecular weight excluding hydrogens is 240 g/mol. The third-order valence-corrected chi connectivity index (χ3v) is 3.78. The highest BCUT2D eigenvalue weighted by Crippen LogP contribution is 2.11. The Morgan fingerprint density at radius 1 is 1.11 bits per heavy atom. The normalized spacial score (nSPS) is 18.4. The summed E-state index contributed by atoms with van der Waals surface area (Å²) < 4.78 is 5.50. The molecule has 0 spiro atoms. The molecule has 19 heavy (non-hydrogen) atoms. The number of likely N-dealkylation sites (N-methyl/N-ethyl adjacent to an activating group) is 1. The average molecular weight is 270 g/mol. The van der Waals surface area contributed by atoms with Gasteiger partial charge in [-0.05, 0) is 26.8 Å². The van der Waals surface area contributed by atoms with Crippen molar-refractivity contribution in [3.8, 4) is 0 Å². The van der Waals surface area contributed by atoms with Crippen molar-refractivity contribution in [3.05, 3.63) is 0 Å². The van der Waals surface area contributed by atoms with Crippen molar-refractivity contribution in [2.45, 2.75) is 58.5 Å². The van der Waals surface area contributed by atoms with Crippen LogP contribution in [0.5, 0.6) is 0 Å². The maximum atomic E-state index is 11.9. The number of unbranched alkanes of at least 4 members (excludes halogenated alkanes) is 4. The highest BCUT2D eigenvalue weighted by atomic mass is 16.6. The first-order chi connectivity index (χ1) is 9.13. The largest absolute Gasteiger partial charge is 0.446 e. The van der Waals surface area contributed by atoms with Gasteiger partial charge in [0.25, 0.3) is 0 Å². The summed E-state index contributed by atoms with van der Waals surface area (Å²) in [4.78, 5) is 16.0. The zero-order valence-electron chi connectivity index (χ0n) is 12.9. The summed E-state index contributed by atoms with van der Waals surface area (Å²) in [5.41, 5.74) is 0. The lowest BCUT2D eigenvalue weighted by atomic mass is 10.1. The lowest BCUT2D eigenvalue weighted by molar-refractivity contribution is 0.0518. The second-order valence-electron chi connectivity index (χ2n) is 5.69. The Hall–Kier alpha value is -0.770. The number of hydrogen-bond acceptors (Lipinski definition) is 3. The number of carbonyl (C=O) groups excluding carboxylic acids is 1. The van der Waals surface area contributed by atoms with E-state index < -0.39 is 0 Å². The van der Waals surface area contributed by atoms with Crippen LogP contribution in [0, 0.1) is 0 Å². The number of ether oxygens (including phenoxy) is 1. The number of carbonyl (C=O) groups is 1. The second kappa shape index (κ2) is 9.18. The van der Waals surface area contributed by atoms with Gasteiger partial charge in [0.2, 0.25) is 0 Å². The number of hydrogen-bond donors (Lipinski definition) is 0. The molecule has 0 N–H and O–H groups in total. The molecule has 1 aliphatic heterocycles. The van der Waals surface area contributed by atoms with Crippen LogP contribution < -0.4 is 0 Å². The van der Waals surface area contributed by atoms with Gasteiger partial charge in [0, 0.05) is 26.2 Å². The standard InChI is InChI=1S/C15H30N2O2/c1-4-5-6-7-8-9-14(2)19-15(18)17-12-10-16(3)11-13-17/h14H,4-13H2,1-3H3. The van der Waals surface area contributed by atoms with Crippen molar-refractivity contribution in [1.29, 1.82) is 0 Å². The molecule has 0 radical (unpaired) electrons. The fourth-order valence-electron chi connectivity index (χ4n) is 2.33. The molecule has 1 aliphatic rings. The van der Waals surface area contributed by atoms with Gasteiger partial charge in [-0.2, -0.15) is 0 Å². The predicted octanol–water partition coefficient (Wildman–Crippen LogP) is 3.12. The molecular formula is C15H30N2O2. The Morgan fingerprint density at radius 3 is 2.37 bits per heavy atom. The molecule has 1 amide bonds. The lowest BCUT2D eigenvalue weighted by Gasteiger charge is -2.32. The number of nitrogens with zero attached hydrogens (tertiary/aromatic N) is 2. The highest BCUT2D eigenvalue weighted by Gasteiger charge is 2.21. The maximum absolute atomic E-state index is 11.9. The van der Waals surface area contributed by atoms with Gasteiger partial charge in [0.1, 0.15) is 6.10 Å². The van der Waals surface area contributed by atoms with Gasteiger partial charge in [-0.15, -0.1) is 0 Å². The summed E-state index contributed by atoms with van der Waals surface area (Å²) in [6.07, 6.45) is 7.21. The first-order valence-corrected chi connectivity index (χ1v) is 7.77. The fraction of sp³-hybridized carbons (Fsp3) is 0.933. The Kier molecular flexibility index (Phi) is 7.87. The predicted molar refractivity (Wildman–Crippen MR) is 78.4 cm³/mol. The monoisotopic (exact) mass is 270 g/mol. The van der Waals surface area contributed by atoms with Crippen molar-refractivity contribution in [2.24, 2.45) is 0 Å². The summed E-state index contributed by atoms with van der Waals surface area (Å²) in [5.74, 6) is 0. The average Bonchev–Trinajstić information content (AvgIpc) is 2.39. The minimum Gasteiger partial charge on any atom is -0.446 e. The lowest BCUT2D eigenvalue weighted by Crippen LogP contribution is -2.47. The molecule has 1 fully saturated rings. The SMILES string of the molecule is CCCCCCCC(C)OC(=O)N1CCN(C)CC1. The van der Waals surface area contributed by atoms with Crippen LogP contribution in [-0.4, -0.2) is 55.2 Å². The Bertz CT molecular complexity index is 251. The van der Waals surface area contributed by atoms with Crippen LogP contribution in [0.3, 0.4) is 0 Å². The molecule has 1 heterocycles. The van der Waals surface area contributed by atoms with Gasteiger partial charge < -0.3 is 14.5 Å². The van der Waals surface area contributed by atoms with E-state index in [0.29, 0.717) is 0 Å². The fourth-order valence-corrected chi connectivity index (χ4v) is 2.33. The molecule has 1 rings (SSSR count). The molecule has 0 saturated carbocycles. The van der Waals surface area contributed by atoms with E-state index >= 15 is 0 Å². The smallest absolute Gasteiger partial charge is 0.410 e. The van der Waals surface area contributed by atoms with Gasteiger partial charge in [-0.1, -0.05) is 32.6 Å². The summed E-state index contributed by atoms with van der Waals surface area (Å²) in [6, 6.07) is 0. The van der Waals surface area contributed by atoms with Crippen LogP contribution in [0.2, 0.25) is 0 Å². The van der Waals surface area contributed by atoms with Crippen LogP contribution in [0.1, 0.15) is 52.4 Å². The van der Waals surface area contributed by atoms with E-state index in [1.54, 1.807) is 0 Å². The molecule has 1 unspecified atom stereocenters. The Morgan fingerprint density at radius 2 is 1.74 bits per heavy atom. The zero-order valence-corrected chi connectivity index (χ0v) is 12.9. The molecule has 4 nitrogen and oxygen atoms in total. The van der Waals surface area contributed by atoms with Gasteiger partial charge in [0.15, 0.2) is 0 Å². The van der Waals surface area contributed by atoms with Gasteiger partial charge >= 0.3 is 6.09 Å². The minimum absolute atomic E-state index is 0.0498. The molecule has 0 aromatic carbocycles. The third-order valence-electron chi connectivity index (χ3n) is 3.78. The molecule has 0 bridgehead atoms. The van der Waals surface area contributed by atoms with Crippen molar-refractivity contribution in [3.63, 3.8) is 0 Å². The molecule has 1 atom stereocenters. The summed E-state index contributed by atoms with van der Waals surface area (Å²) in [7, 11) is 2.08. The van der Waals surface area contributed by atoms with Crippen molar-refractivity contribution >= 4 is 6.09 Å². The third kappa shape index (κ3) is 6.81. The van der Waals surface area contributed by atoms with Gasteiger partial charge in [-0.25, -0.2) is 4.79 Å². The Balaban J connectivity index is 2.10. The topological polar surface area (TPSA) is 32.8 Å². The second-order valence-corrected chi connectivity index (χ2v) is 5.69. The maximum Gasteiger partial charge on any atom is 0.410 e. The van der Waals surface area contributed by atoms with E-state index in [-0.39, 0.29) is 12.2 Å². The Labute approximate surface area is 118 Å². The summed E-state index contributed by atoms with van der Waals surface area (Å²) in [5, 5.41) is 0. The molecule has 0 aliphatic carbocycles. The first-order valence-electron chi connectivity index (χ1n) is 7.77. The van der Waals surface area contributed by atoms with Gasteiger partial charge in [0.05, 0.1) is 0 Å². The van der Waals surface area contributed by atoms with Gasteiger partial charge in [-0.3, -0.25) is 0 Å². The number of piperazine rings is 1. The van der Waals surface area contributed by atoms with Crippen LogP contribution in [-0.2, 0) is 4.74 Å². The number of rotatable bonds is 7. The minimum atomic E-state index is -0.130. The van der Waals surface area contributed by atoms with Crippen LogP contribution >= 0.6 is 0 Å². The van der Waals surface area contributed by atoms with Crippen LogP contribution in [0.4, 0.5) is 4.79 Å². The van der Waals surface area contributed by atoms with E-state index in [4.69, 9.17) is 4.74 Å². The quantitative estimate of drug-likeness (QED) is 0.666. The van der Waals surface area contributed by atoms with E-state index in [9.17, 15) is 4.79 Å². The van der Waals surface area contributed by atoms with E-state index in [0.717, 1.165) is 39.0 Å². The van der Waals surface area contributed by atoms with Crippen LogP contribution in [0.25, 0.3) is 0 Å². The van der Waals surface area contributed by atoms with Crippen molar-refractivity contribution < 1.29 is 9.53 Å². The molecule has 4 heteroatoms. The van der Waals surface area contributed by atoms with E-state index in [2.05, 4.69) is 18.9 Å². The summed E-state index contributed by atoms with van der Waals surface area (Å²) >= 11 is 0. The van der Waals surface area contributed by atoms with Crippen molar-refractivity contribution in [2.75, 3.05) is 33.2 Å². The van der Waals surface area contributed by atoms with Crippen LogP contribution in [0.15, 0.2) is 0 Å².